The third kappa shape index (κ3) is 4.49. The summed E-state index contributed by atoms with van der Waals surface area (Å²) in [6, 6.07) is 2.64. The fourth-order valence-electron chi connectivity index (χ4n) is 5.04. The maximum atomic E-state index is 14.3. The van der Waals surface area contributed by atoms with Crippen molar-refractivity contribution < 1.29 is 23.4 Å². The van der Waals surface area contributed by atoms with Crippen LogP contribution in [0.1, 0.15) is 37.5 Å². The molecule has 2 aliphatic rings. The van der Waals surface area contributed by atoms with E-state index in [4.69, 9.17) is 4.74 Å². The van der Waals surface area contributed by atoms with Crippen molar-refractivity contribution in [2.45, 2.75) is 44.1 Å². The number of ether oxygens (including phenoxy) is 1. The minimum Gasteiger partial charge on any atom is -0.507 e. The summed E-state index contributed by atoms with van der Waals surface area (Å²) in [5.41, 5.74) is -1.71. The number of hydrogen-bond acceptors (Lipinski definition) is 7. The second kappa shape index (κ2) is 9.43. The summed E-state index contributed by atoms with van der Waals surface area (Å²) >= 11 is 0. The van der Waals surface area contributed by atoms with Crippen LogP contribution < -0.4 is 16.6 Å². The number of aromatic nitrogens is 3. The van der Waals surface area contributed by atoms with Gasteiger partial charge < -0.3 is 20.1 Å². The van der Waals surface area contributed by atoms with Gasteiger partial charge in [-0.1, -0.05) is 6.07 Å². The molecule has 1 aromatic carbocycles. The fraction of sp³-hybridized carbons (Fsp3) is 0.417. The van der Waals surface area contributed by atoms with Crippen molar-refractivity contribution in [2.24, 2.45) is 0 Å². The molecule has 0 aliphatic carbocycles. The molecule has 4 atom stereocenters. The number of rotatable bonds is 6. The Kier molecular flexibility index (Phi) is 6.31. The molecule has 2 unspecified atom stereocenters. The van der Waals surface area contributed by atoms with Crippen LogP contribution in [-0.4, -0.2) is 62.3 Å². The smallest absolute Gasteiger partial charge is 0.329 e. The molecule has 2 fully saturated rings. The predicted molar refractivity (Wildman–Crippen MR) is 125 cm³/mol. The van der Waals surface area contributed by atoms with Crippen LogP contribution in [-0.2, 0) is 9.53 Å². The summed E-state index contributed by atoms with van der Waals surface area (Å²) < 4.78 is 34.2. The Hall–Kier alpha value is -3.64. The number of fused-ring (bicyclic) bond motifs is 3. The fourth-order valence-corrected chi connectivity index (χ4v) is 5.04. The van der Waals surface area contributed by atoms with Crippen LogP contribution in [0.3, 0.4) is 0 Å². The Morgan fingerprint density at radius 3 is 2.69 bits per heavy atom. The first-order valence-electron chi connectivity index (χ1n) is 11.7. The second-order valence-corrected chi connectivity index (χ2v) is 9.25. The first-order valence-corrected chi connectivity index (χ1v) is 11.7. The van der Waals surface area contributed by atoms with Gasteiger partial charge in [-0.25, -0.2) is 18.1 Å². The minimum absolute atomic E-state index is 0.000416. The molecule has 0 spiro atoms. The van der Waals surface area contributed by atoms with E-state index >= 15 is 0 Å². The number of carbonyl (C=O) groups excluding carboxylic acids is 1. The molecule has 190 valence electrons. The zero-order valence-corrected chi connectivity index (χ0v) is 19.4. The molecule has 1 amide bonds. The third-order valence-corrected chi connectivity index (χ3v) is 6.71. The summed E-state index contributed by atoms with van der Waals surface area (Å²) in [5, 5.41) is 12.8. The Bertz CT molecular complexity index is 1430. The van der Waals surface area contributed by atoms with Gasteiger partial charge >= 0.3 is 5.69 Å². The standard InChI is InChI=1S/C24H25F2N5O5/c1-12(21-16(26)7-13(25)8-27-21)28-22(33)18(11-30-9-14-5-6-15(10-30)36-14)31-23(34)20-17(29-24(31)35)3-2-4-19(20)32/h2-4,7-8,12,14-15,18,32H,5-6,9-11H2,1H3,(H,28,33)(H,29,35)/t12-,14?,15?,18+/m0/s1. The van der Waals surface area contributed by atoms with E-state index in [0.717, 1.165) is 23.6 Å². The van der Waals surface area contributed by atoms with Crippen molar-refractivity contribution in [3.63, 3.8) is 0 Å². The van der Waals surface area contributed by atoms with Crippen LogP contribution in [0, 0.1) is 11.6 Å². The number of H-pyrrole nitrogens is 1. The summed E-state index contributed by atoms with van der Waals surface area (Å²) in [6.45, 7) is 2.52. The number of aromatic amines is 1. The highest BCUT2D eigenvalue weighted by atomic mass is 19.1. The number of amides is 1. The number of carbonyl (C=O) groups is 1. The van der Waals surface area contributed by atoms with E-state index in [2.05, 4.69) is 15.3 Å². The van der Waals surface area contributed by atoms with Gasteiger partial charge in [0.2, 0.25) is 5.91 Å². The summed E-state index contributed by atoms with van der Waals surface area (Å²) in [5.74, 6) is -2.86. The lowest BCUT2D eigenvalue weighted by atomic mass is 10.1. The second-order valence-electron chi connectivity index (χ2n) is 9.25. The Labute approximate surface area is 203 Å². The van der Waals surface area contributed by atoms with Gasteiger partial charge in [0.1, 0.15) is 28.8 Å². The molecule has 2 saturated heterocycles. The molecule has 2 bridgehead atoms. The molecule has 3 aromatic rings. The van der Waals surface area contributed by atoms with Crippen LogP contribution in [0.4, 0.5) is 8.78 Å². The molecule has 5 rings (SSSR count). The van der Waals surface area contributed by atoms with Gasteiger partial charge in [0.15, 0.2) is 0 Å². The van der Waals surface area contributed by atoms with Crippen LogP contribution >= 0.6 is 0 Å². The zero-order chi connectivity index (χ0) is 25.6. The molecular formula is C24H25F2N5O5. The van der Waals surface area contributed by atoms with Crippen molar-refractivity contribution in [1.29, 1.82) is 0 Å². The summed E-state index contributed by atoms with van der Waals surface area (Å²) in [4.78, 5) is 48.2. The Balaban J connectivity index is 1.52. The molecule has 3 N–H and O–H groups in total. The minimum atomic E-state index is -1.31. The monoisotopic (exact) mass is 501 g/mol. The van der Waals surface area contributed by atoms with E-state index < -0.39 is 40.9 Å². The van der Waals surface area contributed by atoms with Crippen LogP contribution in [0.25, 0.3) is 10.9 Å². The number of morpholine rings is 1. The van der Waals surface area contributed by atoms with E-state index in [-0.39, 0.29) is 41.1 Å². The number of benzene rings is 1. The van der Waals surface area contributed by atoms with E-state index in [1.165, 1.54) is 25.1 Å². The molecule has 4 heterocycles. The van der Waals surface area contributed by atoms with Crippen molar-refractivity contribution >= 4 is 16.8 Å². The number of pyridine rings is 1. The van der Waals surface area contributed by atoms with Gasteiger partial charge in [0, 0.05) is 25.7 Å². The first kappa shape index (κ1) is 24.1. The highest BCUT2D eigenvalue weighted by Gasteiger charge is 2.37. The molecule has 10 nitrogen and oxygen atoms in total. The number of phenols is 1. The number of nitrogens with one attached hydrogen (secondary N) is 2. The average Bonchev–Trinajstić information content (AvgIpc) is 3.15. The summed E-state index contributed by atoms with van der Waals surface area (Å²) in [6.07, 6.45) is 2.60. The summed E-state index contributed by atoms with van der Waals surface area (Å²) in [7, 11) is 0. The van der Waals surface area contributed by atoms with Gasteiger partial charge in [0.05, 0.1) is 35.7 Å². The molecule has 12 heteroatoms. The number of aromatic hydroxyl groups is 1. The largest absolute Gasteiger partial charge is 0.507 e. The molecule has 36 heavy (non-hydrogen) atoms. The van der Waals surface area contributed by atoms with Crippen LogP contribution in [0.5, 0.6) is 5.75 Å². The quantitative estimate of drug-likeness (QED) is 0.465. The number of nitrogens with zero attached hydrogens (tertiary/aromatic N) is 3. The molecule has 0 radical (unpaired) electrons. The Morgan fingerprint density at radius 2 is 2.00 bits per heavy atom. The maximum Gasteiger partial charge on any atom is 0.329 e. The lowest BCUT2D eigenvalue weighted by Crippen LogP contribution is -2.52. The van der Waals surface area contributed by atoms with Gasteiger partial charge in [-0.2, -0.15) is 0 Å². The SMILES string of the molecule is C[C@H](NC(=O)[C@@H](CN1CC2CCC(C1)O2)n1c(=O)[nH]c2cccc(O)c2c1=O)c1ncc(F)cc1F. The van der Waals surface area contributed by atoms with Crippen LogP contribution in [0.15, 0.2) is 40.1 Å². The lowest BCUT2D eigenvalue weighted by molar-refractivity contribution is -0.126. The lowest BCUT2D eigenvalue weighted by Gasteiger charge is -2.34. The van der Waals surface area contributed by atoms with E-state index in [9.17, 15) is 28.3 Å². The van der Waals surface area contributed by atoms with E-state index in [1.54, 1.807) is 0 Å². The molecule has 2 aliphatic heterocycles. The molecule has 0 saturated carbocycles. The Morgan fingerprint density at radius 1 is 1.28 bits per heavy atom. The van der Waals surface area contributed by atoms with Crippen LogP contribution in [0.2, 0.25) is 0 Å². The number of phenolic OH excluding ortho intramolecular Hbond substituents is 1. The van der Waals surface area contributed by atoms with Crippen molar-refractivity contribution in [2.75, 3.05) is 19.6 Å². The molecular weight excluding hydrogens is 476 g/mol. The van der Waals surface area contributed by atoms with Gasteiger partial charge in [-0.15, -0.1) is 0 Å². The predicted octanol–water partition coefficient (Wildman–Crippen LogP) is 1.35. The zero-order valence-electron chi connectivity index (χ0n) is 19.4. The van der Waals surface area contributed by atoms with E-state index in [0.29, 0.717) is 19.2 Å². The van der Waals surface area contributed by atoms with Gasteiger partial charge in [0.25, 0.3) is 5.56 Å². The number of likely N-dealkylation sites (tertiary alicyclic amines) is 1. The molecule has 2 aromatic heterocycles. The normalized spacial score (nSPS) is 21.4. The van der Waals surface area contributed by atoms with Gasteiger partial charge in [-0.05, 0) is 31.9 Å². The first-order chi connectivity index (χ1) is 17.2. The highest BCUT2D eigenvalue weighted by molar-refractivity contribution is 5.85. The van der Waals surface area contributed by atoms with Crippen molar-refractivity contribution in [3.05, 3.63) is 68.6 Å². The number of hydrogen-bond donors (Lipinski definition) is 3. The van der Waals surface area contributed by atoms with Crippen molar-refractivity contribution in [1.82, 2.24) is 24.8 Å². The average molecular weight is 501 g/mol. The number of halogens is 2. The van der Waals surface area contributed by atoms with E-state index in [1.807, 2.05) is 4.90 Å². The topological polar surface area (TPSA) is 130 Å². The third-order valence-electron chi connectivity index (χ3n) is 6.71. The highest BCUT2D eigenvalue weighted by Crippen LogP contribution is 2.27. The van der Waals surface area contributed by atoms with Gasteiger partial charge in [-0.3, -0.25) is 19.5 Å². The van der Waals surface area contributed by atoms with Crippen molar-refractivity contribution in [3.8, 4) is 5.75 Å². The maximum absolute atomic E-state index is 14.3.